The number of hydrogen-bond donors (Lipinski definition) is 2. The van der Waals surface area contributed by atoms with Crippen LogP contribution in [-0.4, -0.2) is 34.3 Å². The second-order valence-corrected chi connectivity index (χ2v) is 3.52. The van der Waals surface area contributed by atoms with Crippen LogP contribution >= 0.6 is 0 Å². The molecule has 1 aliphatic rings. The Kier molecular flexibility index (Phi) is 2.49. The van der Waals surface area contributed by atoms with Crippen LogP contribution in [0.2, 0.25) is 0 Å². The van der Waals surface area contributed by atoms with E-state index in [0.717, 1.165) is 19.4 Å². The fraction of sp³-hybridized carbons (Fsp3) is 0.556. The number of nitrogens with zero attached hydrogens (tertiary/aromatic N) is 3. The quantitative estimate of drug-likeness (QED) is 0.659. The summed E-state index contributed by atoms with van der Waals surface area (Å²) >= 11 is 0. The summed E-state index contributed by atoms with van der Waals surface area (Å²) in [5.74, 6) is 1.08. The summed E-state index contributed by atoms with van der Waals surface area (Å²) in [5.41, 5.74) is 5.56. The molecule has 1 fully saturated rings. The topological polar surface area (TPSA) is 75.3 Å². The third-order valence-corrected chi connectivity index (χ3v) is 2.34. The van der Waals surface area contributed by atoms with Crippen LogP contribution in [0.4, 0.5) is 11.8 Å². The Labute approximate surface area is 82.6 Å². The van der Waals surface area contributed by atoms with Gasteiger partial charge in [-0.15, -0.1) is 0 Å². The summed E-state index contributed by atoms with van der Waals surface area (Å²) < 4.78 is 0. The van der Waals surface area contributed by atoms with Crippen molar-refractivity contribution < 1.29 is 5.11 Å². The summed E-state index contributed by atoms with van der Waals surface area (Å²) in [5, 5.41) is 9.48. The molecule has 0 radical (unpaired) electrons. The van der Waals surface area contributed by atoms with Crippen molar-refractivity contribution in [2.75, 3.05) is 23.7 Å². The zero-order valence-corrected chi connectivity index (χ0v) is 7.93. The minimum Gasteiger partial charge on any atom is -0.391 e. The lowest BCUT2D eigenvalue weighted by Gasteiger charge is -2.29. The number of aliphatic hydroxyl groups excluding tert-OH is 1. The van der Waals surface area contributed by atoms with Crippen LogP contribution in [0.3, 0.4) is 0 Å². The Morgan fingerprint density at radius 2 is 2.43 bits per heavy atom. The minimum atomic E-state index is -0.270. The lowest BCUT2D eigenvalue weighted by atomic mass is 10.1. The van der Waals surface area contributed by atoms with E-state index in [-0.39, 0.29) is 6.10 Å². The first-order valence-electron chi connectivity index (χ1n) is 4.77. The zero-order chi connectivity index (χ0) is 9.97. The highest BCUT2D eigenvalue weighted by Gasteiger charge is 2.19. The number of piperidine rings is 1. The zero-order valence-electron chi connectivity index (χ0n) is 7.93. The second-order valence-electron chi connectivity index (χ2n) is 3.52. The van der Waals surface area contributed by atoms with E-state index in [0.29, 0.717) is 18.3 Å². The summed E-state index contributed by atoms with van der Waals surface area (Å²) in [6.07, 6.45) is 3.20. The molecule has 3 N–H and O–H groups in total. The van der Waals surface area contributed by atoms with Gasteiger partial charge in [-0.1, -0.05) is 0 Å². The molecule has 1 atom stereocenters. The Balaban J connectivity index is 2.14. The number of β-amino-alcohol motifs (C(OH)–C–C–N with tert-alkyl or cyclic N) is 1. The standard InChI is InChI=1S/C9H14N4O/c10-8-3-4-11-9(12-8)13-5-1-2-7(14)6-13/h3-4,7,14H,1-2,5-6H2,(H2,10,11,12)/t7-/m1/s1. The van der Waals surface area contributed by atoms with E-state index in [9.17, 15) is 5.11 Å². The molecule has 1 saturated heterocycles. The highest BCUT2D eigenvalue weighted by atomic mass is 16.3. The highest BCUT2D eigenvalue weighted by molar-refractivity contribution is 5.38. The molecular weight excluding hydrogens is 180 g/mol. The lowest BCUT2D eigenvalue weighted by Crippen LogP contribution is -2.39. The molecule has 1 aliphatic heterocycles. The first-order chi connectivity index (χ1) is 6.75. The molecule has 76 valence electrons. The molecule has 5 nitrogen and oxygen atoms in total. The van der Waals surface area contributed by atoms with E-state index in [1.165, 1.54) is 0 Å². The summed E-state index contributed by atoms with van der Waals surface area (Å²) in [6, 6.07) is 1.66. The van der Waals surface area contributed by atoms with E-state index in [2.05, 4.69) is 9.97 Å². The van der Waals surface area contributed by atoms with Crippen LogP contribution in [0.15, 0.2) is 12.3 Å². The Bertz CT molecular complexity index is 317. The maximum absolute atomic E-state index is 9.48. The molecule has 1 aromatic heterocycles. The van der Waals surface area contributed by atoms with Gasteiger partial charge in [-0.25, -0.2) is 4.98 Å². The molecule has 0 aliphatic carbocycles. The third-order valence-electron chi connectivity index (χ3n) is 2.34. The smallest absolute Gasteiger partial charge is 0.227 e. The number of aromatic nitrogens is 2. The van der Waals surface area contributed by atoms with Crippen LogP contribution in [0.25, 0.3) is 0 Å². The van der Waals surface area contributed by atoms with Gasteiger partial charge in [0.25, 0.3) is 0 Å². The first-order valence-corrected chi connectivity index (χ1v) is 4.77. The Hall–Kier alpha value is -1.36. The van der Waals surface area contributed by atoms with Crippen molar-refractivity contribution in [3.05, 3.63) is 12.3 Å². The van der Waals surface area contributed by atoms with Crippen LogP contribution in [-0.2, 0) is 0 Å². The maximum atomic E-state index is 9.48. The molecule has 0 bridgehead atoms. The van der Waals surface area contributed by atoms with Crippen molar-refractivity contribution in [1.82, 2.24) is 9.97 Å². The van der Waals surface area contributed by atoms with E-state index < -0.39 is 0 Å². The van der Waals surface area contributed by atoms with Gasteiger partial charge in [0.05, 0.1) is 6.10 Å². The first kappa shape index (κ1) is 9.21. The lowest BCUT2D eigenvalue weighted by molar-refractivity contribution is 0.153. The molecule has 14 heavy (non-hydrogen) atoms. The van der Waals surface area contributed by atoms with Crippen molar-refractivity contribution in [2.24, 2.45) is 0 Å². The minimum absolute atomic E-state index is 0.270. The Morgan fingerprint density at radius 3 is 3.14 bits per heavy atom. The van der Waals surface area contributed by atoms with Crippen molar-refractivity contribution in [2.45, 2.75) is 18.9 Å². The average molecular weight is 194 g/mol. The number of nitrogens with two attached hydrogens (primary N) is 1. The molecular formula is C9H14N4O. The van der Waals surface area contributed by atoms with Crippen LogP contribution < -0.4 is 10.6 Å². The van der Waals surface area contributed by atoms with Gasteiger partial charge >= 0.3 is 0 Å². The van der Waals surface area contributed by atoms with Gasteiger partial charge in [0.1, 0.15) is 5.82 Å². The molecule has 0 unspecified atom stereocenters. The van der Waals surface area contributed by atoms with Crippen molar-refractivity contribution >= 4 is 11.8 Å². The van der Waals surface area contributed by atoms with E-state index in [4.69, 9.17) is 5.73 Å². The maximum Gasteiger partial charge on any atom is 0.227 e. The van der Waals surface area contributed by atoms with Gasteiger partial charge in [-0.3, -0.25) is 0 Å². The fourth-order valence-corrected chi connectivity index (χ4v) is 1.65. The average Bonchev–Trinajstić information content (AvgIpc) is 2.18. The van der Waals surface area contributed by atoms with Gasteiger partial charge in [0.2, 0.25) is 5.95 Å². The number of hydrogen-bond acceptors (Lipinski definition) is 5. The number of nitrogen functional groups attached to an aromatic ring is 1. The third kappa shape index (κ3) is 1.93. The largest absolute Gasteiger partial charge is 0.391 e. The summed E-state index contributed by atoms with van der Waals surface area (Å²) in [4.78, 5) is 10.2. The van der Waals surface area contributed by atoms with Gasteiger partial charge in [0.15, 0.2) is 0 Å². The molecule has 1 aromatic rings. The van der Waals surface area contributed by atoms with Crippen molar-refractivity contribution in [3.8, 4) is 0 Å². The van der Waals surface area contributed by atoms with Crippen LogP contribution in [0.5, 0.6) is 0 Å². The van der Waals surface area contributed by atoms with Gasteiger partial charge in [-0.2, -0.15) is 4.98 Å². The molecule has 0 spiro atoms. The molecule has 0 aromatic carbocycles. The van der Waals surface area contributed by atoms with Gasteiger partial charge in [0, 0.05) is 19.3 Å². The second kappa shape index (κ2) is 3.79. The predicted molar refractivity (Wildman–Crippen MR) is 53.9 cm³/mol. The molecule has 2 rings (SSSR count). The van der Waals surface area contributed by atoms with Gasteiger partial charge < -0.3 is 15.7 Å². The highest BCUT2D eigenvalue weighted by Crippen LogP contribution is 2.15. The van der Waals surface area contributed by atoms with E-state index in [1.54, 1.807) is 12.3 Å². The number of aliphatic hydroxyl groups is 1. The predicted octanol–water partition coefficient (Wildman–Crippen LogP) is 0.0199. The molecule has 0 saturated carbocycles. The van der Waals surface area contributed by atoms with Crippen LogP contribution in [0.1, 0.15) is 12.8 Å². The SMILES string of the molecule is Nc1ccnc(N2CCC[C@@H](O)C2)n1. The fourth-order valence-electron chi connectivity index (χ4n) is 1.65. The van der Waals surface area contributed by atoms with Crippen molar-refractivity contribution in [1.29, 1.82) is 0 Å². The van der Waals surface area contributed by atoms with E-state index in [1.807, 2.05) is 4.90 Å². The van der Waals surface area contributed by atoms with E-state index >= 15 is 0 Å². The summed E-state index contributed by atoms with van der Waals surface area (Å²) in [6.45, 7) is 1.49. The Morgan fingerprint density at radius 1 is 1.57 bits per heavy atom. The van der Waals surface area contributed by atoms with Crippen molar-refractivity contribution in [3.63, 3.8) is 0 Å². The summed E-state index contributed by atoms with van der Waals surface area (Å²) in [7, 11) is 0. The molecule has 5 heteroatoms. The monoisotopic (exact) mass is 194 g/mol. The number of rotatable bonds is 1. The molecule has 2 heterocycles. The normalized spacial score (nSPS) is 22.4. The van der Waals surface area contributed by atoms with Crippen LogP contribution in [0, 0.1) is 0 Å². The molecule has 0 amide bonds. The van der Waals surface area contributed by atoms with Gasteiger partial charge in [-0.05, 0) is 18.9 Å². The number of anilines is 2.